The lowest BCUT2D eigenvalue weighted by atomic mass is 10.0. The number of carbonyl (C=O) groups is 1. The van der Waals surface area contributed by atoms with Crippen LogP contribution in [0.4, 0.5) is 5.69 Å². The molecule has 1 amide bonds. The van der Waals surface area contributed by atoms with E-state index in [4.69, 9.17) is 5.73 Å². The molecule has 2 aliphatic heterocycles. The summed E-state index contributed by atoms with van der Waals surface area (Å²) >= 11 is 0. The van der Waals surface area contributed by atoms with Gasteiger partial charge in [-0.2, -0.15) is 5.10 Å². The van der Waals surface area contributed by atoms with Crippen LogP contribution >= 0.6 is 0 Å². The number of carbonyl (C=O) groups excluding carboxylic acids is 1. The number of aromatic amines is 1. The summed E-state index contributed by atoms with van der Waals surface area (Å²) in [7, 11) is 2.14. The fourth-order valence-electron chi connectivity index (χ4n) is 3.68. The Labute approximate surface area is 122 Å². The summed E-state index contributed by atoms with van der Waals surface area (Å²) in [6, 6.07) is 6.44. The summed E-state index contributed by atoms with van der Waals surface area (Å²) in [5.74, 6) is 0.0191. The number of piperidine rings is 1. The average molecular weight is 285 g/mol. The predicted octanol–water partition coefficient (Wildman–Crippen LogP) is 1.06. The normalized spacial score (nSPS) is 25.7. The number of aromatic nitrogens is 2. The number of nitrogens with one attached hydrogen (secondary N) is 1. The number of H-pyrrole nitrogens is 1. The van der Waals surface area contributed by atoms with E-state index in [1.807, 2.05) is 23.1 Å². The monoisotopic (exact) mass is 285 g/mol. The molecule has 110 valence electrons. The van der Waals surface area contributed by atoms with Crippen molar-refractivity contribution in [2.45, 2.75) is 24.9 Å². The molecule has 2 saturated heterocycles. The topological polar surface area (TPSA) is 78.2 Å². The molecule has 1 aromatic heterocycles. The van der Waals surface area contributed by atoms with Gasteiger partial charge in [0.15, 0.2) is 5.69 Å². The lowest BCUT2D eigenvalue weighted by Gasteiger charge is -2.32. The highest BCUT2D eigenvalue weighted by atomic mass is 16.2. The van der Waals surface area contributed by atoms with Gasteiger partial charge >= 0.3 is 0 Å². The number of amides is 1. The summed E-state index contributed by atoms with van der Waals surface area (Å²) < 4.78 is 0. The Balaban J connectivity index is 1.69. The number of likely N-dealkylation sites (tertiary alicyclic amines) is 2. The quantitative estimate of drug-likeness (QED) is 0.768. The van der Waals surface area contributed by atoms with Crippen LogP contribution in [0.2, 0.25) is 0 Å². The maximum absolute atomic E-state index is 12.9. The van der Waals surface area contributed by atoms with Gasteiger partial charge in [0.1, 0.15) is 0 Å². The molecule has 21 heavy (non-hydrogen) atoms. The summed E-state index contributed by atoms with van der Waals surface area (Å²) in [6.07, 6.45) is 2.12. The SMILES string of the molecule is CN1CC2CC1CCN2C(=O)c1n[nH]c2ccc(N)cc12. The number of anilines is 1. The number of likely N-dealkylation sites (N-methyl/N-ethyl adjacent to an activating group) is 1. The first kappa shape index (κ1) is 12.6. The van der Waals surface area contributed by atoms with Gasteiger partial charge in [-0.15, -0.1) is 0 Å². The van der Waals surface area contributed by atoms with Crippen LogP contribution in [-0.4, -0.2) is 58.1 Å². The number of nitrogens with two attached hydrogens (primary N) is 1. The molecule has 4 rings (SSSR count). The van der Waals surface area contributed by atoms with Crippen molar-refractivity contribution in [1.29, 1.82) is 0 Å². The Bertz CT molecular complexity index is 707. The molecule has 0 radical (unpaired) electrons. The van der Waals surface area contributed by atoms with E-state index in [9.17, 15) is 4.79 Å². The largest absolute Gasteiger partial charge is 0.399 e. The summed E-state index contributed by atoms with van der Waals surface area (Å²) in [5.41, 5.74) is 7.83. The third-order valence-electron chi connectivity index (χ3n) is 4.86. The van der Waals surface area contributed by atoms with Gasteiger partial charge in [0.05, 0.1) is 5.52 Å². The zero-order valence-electron chi connectivity index (χ0n) is 12.0. The Kier molecular flexibility index (Phi) is 2.68. The molecule has 0 spiro atoms. The summed E-state index contributed by atoms with van der Waals surface area (Å²) in [4.78, 5) is 17.2. The highest BCUT2D eigenvalue weighted by Crippen LogP contribution is 2.30. The zero-order chi connectivity index (χ0) is 14.6. The van der Waals surface area contributed by atoms with Crippen LogP contribution in [0.15, 0.2) is 18.2 Å². The Morgan fingerprint density at radius 2 is 2.29 bits per heavy atom. The van der Waals surface area contributed by atoms with Crippen molar-refractivity contribution in [3.63, 3.8) is 0 Å². The van der Waals surface area contributed by atoms with Gasteiger partial charge in [-0.05, 0) is 38.1 Å². The minimum absolute atomic E-state index is 0.0191. The number of benzene rings is 1. The van der Waals surface area contributed by atoms with Crippen molar-refractivity contribution in [1.82, 2.24) is 20.0 Å². The molecular formula is C15H19N5O. The molecule has 2 aliphatic rings. The summed E-state index contributed by atoms with van der Waals surface area (Å²) in [6.45, 7) is 1.77. The van der Waals surface area contributed by atoms with E-state index in [0.29, 0.717) is 23.5 Å². The smallest absolute Gasteiger partial charge is 0.275 e. The second-order valence-corrected chi connectivity index (χ2v) is 6.15. The highest BCUT2D eigenvalue weighted by molar-refractivity contribution is 6.05. The zero-order valence-corrected chi connectivity index (χ0v) is 12.0. The molecular weight excluding hydrogens is 266 g/mol. The van der Waals surface area contributed by atoms with Gasteiger partial charge in [0, 0.05) is 36.2 Å². The van der Waals surface area contributed by atoms with Crippen molar-refractivity contribution in [3.8, 4) is 0 Å². The van der Waals surface area contributed by atoms with Gasteiger partial charge in [0.25, 0.3) is 5.91 Å². The van der Waals surface area contributed by atoms with E-state index in [2.05, 4.69) is 22.1 Å². The molecule has 3 heterocycles. The molecule has 6 heteroatoms. The first-order valence-corrected chi connectivity index (χ1v) is 7.38. The third kappa shape index (κ3) is 1.90. The maximum atomic E-state index is 12.9. The van der Waals surface area contributed by atoms with E-state index in [-0.39, 0.29) is 5.91 Å². The minimum atomic E-state index is 0.0191. The van der Waals surface area contributed by atoms with Crippen LogP contribution in [0.5, 0.6) is 0 Å². The number of hydrogen-bond acceptors (Lipinski definition) is 4. The Morgan fingerprint density at radius 3 is 3.14 bits per heavy atom. The van der Waals surface area contributed by atoms with Gasteiger partial charge < -0.3 is 15.5 Å². The molecule has 2 bridgehead atoms. The van der Waals surface area contributed by atoms with Crippen LogP contribution in [-0.2, 0) is 0 Å². The van der Waals surface area contributed by atoms with E-state index in [0.717, 1.165) is 36.8 Å². The standard InChI is InChI=1S/C15H19N5O/c1-19-8-11-7-10(19)4-5-20(11)15(21)14-12-6-9(16)2-3-13(12)17-18-14/h2-3,6,10-11H,4-5,7-8,16H2,1H3,(H,17,18). The fraction of sp³-hybridized carbons (Fsp3) is 0.467. The van der Waals surface area contributed by atoms with E-state index in [1.165, 1.54) is 0 Å². The van der Waals surface area contributed by atoms with Crippen molar-refractivity contribution >= 4 is 22.5 Å². The van der Waals surface area contributed by atoms with Crippen molar-refractivity contribution < 1.29 is 4.79 Å². The molecule has 2 fully saturated rings. The Morgan fingerprint density at radius 1 is 1.43 bits per heavy atom. The minimum Gasteiger partial charge on any atom is -0.399 e. The van der Waals surface area contributed by atoms with Crippen molar-refractivity contribution in [2.75, 3.05) is 25.9 Å². The van der Waals surface area contributed by atoms with Crippen LogP contribution in [0, 0.1) is 0 Å². The highest BCUT2D eigenvalue weighted by Gasteiger charge is 2.40. The third-order valence-corrected chi connectivity index (χ3v) is 4.86. The van der Waals surface area contributed by atoms with Gasteiger partial charge in [-0.25, -0.2) is 0 Å². The predicted molar refractivity (Wildman–Crippen MR) is 81.0 cm³/mol. The lowest BCUT2D eigenvalue weighted by Crippen LogP contribution is -2.44. The van der Waals surface area contributed by atoms with Gasteiger partial charge in [-0.3, -0.25) is 9.89 Å². The van der Waals surface area contributed by atoms with Crippen LogP contribution in [0.1, 0.15) is 23.3 Å². The first-order chi connectivity index (χ1) is 10.1. The molecule has 0 aliphatic carbocycles. The number of nitrogens with zero attached hydrogens (tertiary/aromatic N) is 3. The lowest BCUT2D eigenvalue weighted by molar-refractivity contribution is 0.0653. The molecule has 0 saturated carbocycles. The fourth-order valence-corrected chi connectivity index (χ4v) is 3.68. The Hall–Kier alpha value is -2.08. The van der Waals surface area contributed by atoms with Crippen molar-refractivity contribution in [2.24, 2.45) is 0 Å². The number of hydrogen-bond donors (Lipinski definition) is 2. The number of nitrogen functional groups attached to an aromatic ring is 1. The molecule has 2 atom stereocenters. The number of rotatable bonds is 1. The van der Waals surface area contributed by atoms with Crippen molar-refractivity contribution in [3.05, 3.63) is 23.9 Å². The number of fused-ring (bicyclic) bond motifs is 3. The molecule has 6 nitrogen and oxygen atoms in total. The molecule has 2 unspecified atom stereocenters. The molecule has 3 N–H and O–H groups in total. The maximum Gasteiger partial charge on any atom is 0.275 e. The first-order valence-electron chi connectivity index (χ1n) is 7.38. The van der Waals surface area contributed by atoms with E-state index < -0.39 is 0 Å². The van der Waals surface area contributed by atoms with Crippen LogP contribution in [0.3, 0.4) is 0 Å². The average Bonchev–Trinajstić information content (AvgIpc) is 3.00. The second kappa shape index (κ2) is 4.46. The molecule has 2 aromatic rings. The van der Waals surface area contributed by atoms with Gasteiger partial charge in [0.2, 0.25) is 0 Å². The second-order valence-electron chi connectivity index (χ2n) is 6.15. The van der Waals surface area contributed by atoms with Crippen LogP contribution < -0.4 is 5.73 Å². The summed E-state index contributed by atoms with van der Waals surface area (Å²) in [5, 5.41) is 7.96. The molecule has 1 aromatic carbocycles. The van der Waals surface area contributed by atoms with E-state index >= 15 is 0 Å². The van der Waals surface area contributed by atoms with Gasteiger partial charge in [-0.1, -0.05) is 0 Å². The van der Waals surface area contributed by atoms with Crippen LogP contribution in [0.25, 0.3) is 10.9 Å². The van der Waals surface area contributed by atoms with E-state index in [1.54, 1.807) is 0 Å².